The van der Waals surface area contributed by atoms with E-state index in [0.29, 0.717) is 13.1 Å². The minimum atomic E-state index is -0.291. The summed E-state index contributed by atoms with van der Waals surface area (Å²) in [6.45, 7) is 3.23. The number of fused-ring (bicyclic) bond motifs is 1. The van der Waals surface area contributed by atoms with Crippen molar-refractivity contribution in [1.29, 1.82) is 0 Å². The molecule has 0 saturated carbocycles. The van der Waals surface area contributed by atoms with Crippen LogP contribution in [0.5, 0.6) is 0 Å². The summed E-state index contributed by atoms with van der Waals surface area (Å²) in [5.41, 5.74) is 7.61. The van der Waals surface area contributed by atoms with E-state index in [4.69, 9.17) is 14.8 Å². The molecule has 5 rings (SSSR count). The summed E-state index contributed by atoms with van der Waals surface area (Å²) in [5.74, 6) is 0. The van der Waals surface area contributed by atoms with E-state index in [1.54, 1.807) is 16.2 Å². The van der Waals surface area contributed by atoms with E-state index in [1.165, 1.54) is 7.11 Å². The van der Waals surface area contributed by atoms with Crippen LogP contribution in [0.25, 0.3) is 32.7 Å². The molecule has 1 atom stereocenters. The Balaban J connectivity index is 1.59. The van der Waals surface area contributed by atoms with Crippen molar-refractivity contribution >= 4 is 27.6 Å². The van der Waals surface area contributed by atoms with Gasteiger partial charge in [-0.05, 0) is 43.2 Å². The molecule has 8 heteroatoms. The number of carbonyl (C=O) groups is 1. The van der Waals surface area contributed by atoms with Gasteiger partial charge < -0.3 is 9.64 Å². The molecule has 3 aromatic heterocycles. The molecule has 0 radical (unpaired) electrons. The van der Waals surface area contributed by atoms with Crippen molar-refractivity contribution in [3.8, 4) is 22.5 Å². The van der Waals surface area contributed by atoms with Gasteiger partial charge in [0.25, 0.3) is 0 Å². The maximum atomic E-state index is 11.9. The molecule has 1 amide bonds. The summed E-state index contributed by atoms with van der Waals surface area (Å²) in [4.78, 5) is 22.7. The van der Waals surface area contributed by atoms with Gasteiger partial charge >= 0.3 is 6.09 Å². The minimum absolute atomic E-state index is 0.105. The second-order valence-electron chi connectivity index (χ2n) is 7.43. The number of rotatable bonds is 3. The number of carbonyl (C=O) groups excluding carboxylic acids is 1. The molecule has 0 N–H and O–H groups in total. The second kappa shape index (κ2) is 7.53. The van der Waals surface area contributed by atoms with Crippen LogP contribution in [-0.4, -0.2) is 50.9 Å². The summed E-state index contributed by atoms with van der Waals surface area (Å²) in [6, 6.07) is 12.4. The number of nitrogens with zero attached hydrogens (tertiary/aromatic N) is 5. The van der Waals surface area contributed by atoms with Crippen molar-refractivity contribution < 1.29 is 9.53 Å². The van der Waals surface area contributed by atoms with Gasteiger partial charge in [0.15, 0.2) is 0 Å². The molecule has 0 unspecified atom stereocenters. The van der Waals surface area contributed by atoms with Gasteiger partial charge in [-0.1, -0.05) is 12.1 Å². The van der Waals surface area contributed by atoms with Crippen molar-refractivity contribution in [2.75, 3.05) is 20.2 Å². The number of benzene rings is 1. The van der Waals surface area contributed by atoms with Gasteiger partial charge in [0.05, 0.1) is 34.6 Å². The Morgan fingerprint density at radius 3 is 3.00 bits per heavy atom. The lowest BCUT2D eigenvalue weighted by Crippen LogP contribution is -2.28. The van der Waals surface area contributed by atoms with Gasteiger partial charge in [-0.25, -0.2) is 9.78 Å². The SMILES string of the molecule is COC(=O)N1CC[C@H](n2cc(-c3ccc4ncsc4c3)c(-c3cccc(C)n3)n2)C1. The van der Waals surface area contributed by atoms with E-state index >= 15 is 0 Å². The lowest BCUT2D eigenvalue weighted by Gasteiger charge is -2.14. The number of hydrogen-bond acceptors (Lipinski definition) is 6. The molecular weight excluding hydrogens is 398 g/mol. The number of hydrogen-bond donors (Lipinski definition) is 0. The van der Waals surface area contributed by atoms with Crippen LogP contribution in [0.1, 0.15) is 18.2 Å². The predicted molar refractivity (Wildman–Crippen MR) is 116 cm³/mol. The third-order valence-corrected chi connectivity index (χ3v) is 6.27. The van der Waals surface area contributed by atoms with Crippen LogP contribution < -0.4 is 0 Å². The van der Waals surface area contributed by atoms with Gasteiger partial charge in [0.2, 0.25) is 0 Å². The fraction of sp³-hybridized carbons (Fsp3) is 0.273. The van der Waals surface area contributed by atoms with Gasteiger partial charge in [0, 0.05) is 30.5 Å². The Morgan fingerprint density at radius 2 is 2.17 bits per heavy atom. The van der Waals surface area contributed by atoms with Gasteiger partial charge in [0.1, 0.15) is 5.69 Å². The van der Waals surface area contributed by atoms with E-state index < -0.39 is 0 Å². The van der Waals surface area contributed by atoms with Crippen LogP contribution >= 0.6 is 11.3 Å². The highest BCUT2D eigenvalue weighted by Gasteiger charge is 2.29. The maximum Gasteiger partial charge on any atom is 0.409 e. The van der Waals surface area contributed by atoms with E-state index in [0.717, 1.165) is 44.8 Å². The van der Waals surface area contributed by atoms with Crippen molar-refractivity contribution in [2.45, 2.75) is 19.4 Å². The number of thiazole rings is 1. The molecule has 4 aromatic rings. The molecular formula is C22H21N5O2S. The molecule has 1 saturated heterocycles. The Morgan fingerprint density at radius 1 is 1.27 bits per heavy atom. The summed E-state index contributed by atoms with van der Waals surface area (Å²) in [5, 5.41) is 4.93. The van der Waals surface area contributed by atoms with Crippen LogP contribution in [0.15, 0.2) is 48.1 Å². The number of methoxy groups -OCH3 is 1. The Labute approximate surface area is 177 Å². The molecule has 0 bridgehead atoms. The largest absolute Gasteiger partial charge is 0.453 e. The molecule has 0 spiro atoms. The predicted octanol–water partition coefficient (Wildman–Crippen LogP) is 4.54. The number of likely N-dealkylation sites (tertiary alicyclic amines) is 1. The molecule has 4 heterocycles. The zero-order valence-electron chi connectivity index (χ0n) is 16.8. The number of aromatic nitrogens is 4. The average molecular weight is 420 g/mol. The smallest absolute Gasteiger partial charge is 0.409 e. The van der Waals surface area contributed by atoms with E-state index in [2.05, 4.69) is 23.3 Å². The summed E-state index contributed by atoms with van der Waals surface area (Å²) in [7, 11) is 1.42. The molecule has 7 nitrogen and oxygen atoms in total. The highest BCUT2D eigenvalue weighted by molar-refractivity contribution is 7.16. The number of pyridine rings is 1. The normalized spacial score (nSPS) is 16.3. The zero-order chi connectivity index (χ0) is 20.7. The third kappa shape index (κ3) is 3.33. The molecule has 1 aromatic carbocycles. The van der Waals surface area contributed by atoms with Crippen molar-refractivity contribution in [2.24, 2.45) is 0 Å². The quantitative estimate of drug-likeness (QED) is 0.487. The lowest BCUT2D eigenvalue weighted by atomic mass is 10.0. The molecule has 152 valence electrons. The first kappa shape index (κ1) is 18.7. The first-order valence-electron chi connectivity index (χ1n) is 9.82. The van der Waals surface area contributed by atoms with Crippen molar-refractivity contribution in [3.63, 3.8) is 0 Å². The Hall–Kier alpha value is -3.26. The summed E-state index contributed by atoms with van der Waals surface area (Å²) >= 11 is 1.63. The first-order valence-corrected chi connectivity index (χ1v) is 10.7. The van der Waals surface area contributed by atoms with E-state index in [1.807, 2.05) is 41.4 Å². The number of ether oxygens (including phenoxy) is 1. The summed E-state index contributed by atoms with van der Waals surface area (Å²) < 4.78 is 8.00. The molecule has 1 aliphatic heterocycles. The molecule has 1 aliphatic rings. The number of aryl methyl sites for hydroxylation is 1. The highest BCUT2D eigenvalue weighted by atomic mass is 32.1. The van der Waals surface area contributed by atoms with Crippen LogP contribution in [0.4, 0.5) is 4.79 Å². The van der Waals surface area contributed by atoms with Crippen molar-refractivity contribution in [3.05, 3.63) is 53.8 Å². The molecule has 0 aliphatic carbocycles. The van der Waals surface area contributed by atoms with Gasteiger partial charge in [-0.3, -0.25) is 9.67 Å². The lowest BCUT2D eigenvalue weighted by molar-refractivity contribution is 0.131. The van der Waals surface area contributed by atoms with Crippen LogP contribution in [-0.2, 0) is 4.74 Å². The number of amides is 1. The standard InChI is InChI=1S/C22H21N5O2S/c1-14-4-3-5-19(24-14)21-17(15-6-7-18-20(10-15)30-13-23-18)12-27(25-21)16-8-9-26(11-16)22(28)29-2/h3-7,10,12-13,16H,8-9,11H2,1-2H3/t16-/m0/s1. The van der Waals surface area contributed by atoms with E-state index in [-0.39, 0.29) is 12.1 Å². The van der Waals surface area contributed by atoms with Gasteiger partial charge in [-0.15, -0.1) is 11.3 Å². The monoisotopic (exact) mass is 419 g/mol. The fourth-order valence-corrected chi connectivity index (χ4v) is 4.65. The Bertz CT molecular complexity index is 1230. The van der Waals surface area contributed by atoms with Gasteiger partial charge in [-0.2, -0.15) is 5.10 Å². The zero-order valence-corrected chi connectivity index (χ0v) is 17.6. The van der Waals surface area contributed by atoms with Crippen LogP contribution in [0.2, 0.25) is 0 Å². The maximum absolute atomic E-state index is 11.9. The fourth-order valence-electron chi connectivity index (χ4n) is 3.93. The van der Waals surface area contributed by atoms with Crippen LogP contribution in [0, 0.1) is 6.92 Å². The Kier molecular flexibility index (Phi) is 4.71. The van der Waals surface area contributed by atoms with Crippen molar-refractivity contribution in [1.82, 2.24) is 24.6 Å². The molecule has 30 heavy (non-hydrogen) atoms. The highest BCUT2D eigenvalue weighted by Crippen LogP contribution is 2.35. The van der Waals surface area contributed by atoms with E-state index in [9.17, 15) is 4.79 Å². The summed E-state index contributed by atoms with van der Waals surface area (Å²) in [6.07, 6.45) is 2.62. The topological polar surface area (TPSA) is 73.1 Å². The average Bonchev–Trinajstić information content (AvgIpc) is 3.51. The van der Waals surface area contributed by atoms with Crippen LogP contribution in [0.3, 0.4) is 0 Å². The minimum Gasteiger partial charge on any atom is -0.453 e. The first-order chi connectivity index (χ1) is 14.6. The molecule has 1 fully saturated rings. The second-order valence-corrected chi connectivity index (χ2v) is 8.32. The third-order valence-electron chi connectivity index (χ3n) is 5.48.